The van der Waals surface area contributed by atoms with Crippen LogP contribution in [0.2, 0.25) is 0 Å². The molecule has 5 atom stereocenters. The number of hydrogen-bond donors (Lipinski definition) is 1. The highest BCUT2D eigenvalue weighted by Gasteiger charge is 2.60. The molecule has 1 N–H and O–H groups in total. The second kappa shape index (κ2) is 7.20. The van der Waals surface area contributed by atoms with Crippen molar-refractivity contribution in [3.8, 4) is 0 Å². The molecule has 6 heteroatoms. The zero-order chi connectivity index (χ0) is 20.8. The lowest BCUT2D eigenvalue weighted by Crippen LogP contribution is -2.38. The number of fused-ring (bicyclic) bond motifs is 5. The van der Waals surface area contributed by atoms with Gasteiger partial charge < -0.3 is 5.32 Å². The van der Waals surface area contributed by atoms with Crippen LogP contribution in [0.5, 0.6) is 0 Å². The molecule has 3 aliphatic rings. The number of nitrogens with one attached hydrogen (secondary N) is 1. The quantitative estimate of drug-likeness (QED) is 0.616. The van der Waals surface area contributed by atoms with E-state index >= 15 is 0 Å². The lowest BCUT2D eigenvalue weighted by molar-refractivity contribution is -0.144. The predicted octanol–water partition coefficient (Wildman–Crippen LogP) is 3.27. The average molecular weight is 401 g/mol. The van der Waals surface area contributed by atoms with E-state index in [9.17, 15) is 14.4 Å². The standard InChI is InChI=1S/C24H23N3O3/c1-14-6-2-3-7-17(14)18(13-20(28)26-19-8-4-5-11-25-19)27-23(29)21-15-9-10-16(12-15)22(21)24(27)30/h2-11,15-16,18,21-22H,12-13H2,1H3,(H,25,26,28). The van der Waals surface area contributed by atoms with Crippen LogP contribution in [0.25, 0.3) is 0 Å². The Morgan fingerprint density at radius 1 is 1.07 bits per heavy atom. The molecule has 5 rings (SSSR count). The zero-order valence-electron chi connectivity index (χ0n) is 16.7. The van der Waals surface area contributed by atoms with Crippen LogP contribution in [0.1, 0.15) is 30.0 Å². The number of rotatable bonds is 5. The molecular formula is C24H23N3O3. The summed E-state index contributed by atoms with van der Waals surface area (Å²) in [7, 11) is 0. The van der Waals surface area contributed by atoms with Crippen LogP contribution in [0.3, 0.4) is 0 Å². The van der Waals surface area contributed by atoms with Crippen molar-refractivity contribution in [2.45, 2.75) is 25.8 Å². The van der Waals surface area contributed by atoms with E-state index in [2.05, 4.69) is 22.5 Å². The topological polar surface area (TPSA) is 79.4 Å². The molecule has 6 nitrogen and oxygen atoms in total. The maximum Gasteiger partial charge on any atom is 0.234 e. The number of pyridine rings is 1. The second-order valence-corrected chi connectivity index (χ2v) is 8.39. The van der Waals surface area contributed by atoms with Crippen LogP contribution in [-0.4, -0.2) is 27.6 Å². The van der Waals surface area contributed by atoms with Gasteiger partial charge in [0, 0.05) is 6.20 Å². The fraction of sp³-hybridized carbons (Fsp3) is 0.333. The van der Waals surface area contributed by atoms with Crippen molar-refractivity contribution in [2.75, 3.05) is 5.32 Å². The van der Waals surface area contributed by atoms with Gasteiger partial charge in [-0.15, -0.1) is 0 Å². The lowest BCUT2D eigenvalue weighted by atomic mass is 9.85. The largest absolute Gasteiger partial charge is 0.311 e. The molecule has 2 aliphatic carbocycles. The highest BCUT2D eigenvalue weighted by molar-refractivity contribution is 6.07. The maximum atomic E-state index is 13.4. The maximum absolute atomic E-state index is 13.4. The average Bonchev–Trinajstić information content (AvgIpc) is 3.42. The van der Waals surface area contributed by atoms with Crippen molar-refractivity contribution >= 4 is 23.5 Å². The van der Waals surface area contributed by atoms with Crippen molar-refractivity contribution in [1.29, 1.82) is 0 Å². The van der Waals surface area contributed by atoms with Crippen molar-refractivity contribution in [1.82, 2.24) is 9.88 Å². The Labute approximate surface area is 175 Å². The number of likely N-dealkylation sites (tertiary alicyclic amines) is 1. The first kappa shape index (κ1) is 18.7. The van der Waals surface area contributed by atoms with E-state index in [1.165, 1.54) is 4.90 Å². The fourth-order valence-electron chi connectivity index (χ4n) is 5.34. The number of aryl methyl sites for hydroxylation is 1. The summed E-state index contributed by atoms with van der Waals surface area (Å²) in [6.45, 7) is 1.94. The first-order chi connectivity index (χ1) is 14.5. The molecule has 1 saturated carbocycles. The van der Waals surface area contributed by atoms with Gasteiger partial charge in [-0.1, -0.05) is 42.5 Å². The van der Waals surface area contributed by atoms with Gasteiger partial charge >= 0.3 is 0 Å². The van der Waals surface area contributed by atoms with E-state index in [0.717, 1.165) is 17.5 Å². The number of carbonyl (C=O) groups excluding carboxylic acids is 3. The normalized spacial score (nSPS) is 27.4. The predicted molar refractivity (Wildman–Crippen MR) is 111 cm³/mol. The number of imide groups is 1. The molecule has 1 aliphatic heterocycles. The number of carbonyl (C=O) groups is 3. The molecule has 1 aromatic heterocycles. The Kier molecular flexibility index (Phi) is 4.50. The van der Waals surface area contributed by atoms with E-state index < -0.39 is 6.04 Å². The third-order valence-corrected chi connectivity index (χ3v) is 6.67. The molecule has 30 heavy (non-hydrogen) atoms. The minimum atomic E-state index is -0.625. The summed E-state index contributed by atoms with van der Waals surface area (Å²) in [4.78, 5) is 45.1. The van der Waals surface area contributed by atoms with Gasteiger partial charge in [0.2, 0.25) is 17.7 Å². The van der Waals surface area contributed by atoms with Crippen LogP contribution >= 0.6 is 0 Å². The molecule has 2 heterocycles. The summed E-state index contributed by atoms with van der Waals surface area (Å²) in [5.41, 5.74) is 1.78. The summed E-state index contributed by atoms with van der Waals surface area (Å²) in [5, 5.41) is 2.78. The minimum absolute atomic E-state index is 0.00110. The third-order valence-electron chi connectivity index (χ3n) is 6.67. The van der Waals surface area contributed by atoms with E-state index in [-0.39, 0.29) is 47.8 Å². The zero-order valence-corrected chi connectivity index (χ0v) is 16.7. The Balaban J connectivity index is 1.46. The number of aromatic nitrogens is 1. The highest BCUT2D eigenvalue weighted by Crippen LogP contribution is 2.54. The van der Waals surface area contributed by atoms with E-state index in [1.807, 2.05) is 31.2 Å². The molecular weight excluding hydrogens is 378 g/mol. The van der Waals surface area contributed by atoms with Gasteiger partial charge in [0.25, 0.3) is 0 Å². The van der Waals surface area contributed by atoms with Crippen LogP contribution < -0.4 is 5.32 Å². The molecule has 2 bridgehead atoms. The monoisotopic (exact) mass is 401 g/mol. The van der Waals surface area contributed by atoms with Crippen molar-refractivity contribution in [3.05, 3.63) is 71.9 Å². The molecule has 2 fully saturated rings. The molecule has 5 unspecified atom stereocenters. The third kappa shape index (κ3) is 2.95. The number of nitrogens with zero attached hydrogens (tertiary/aromatic N) is 2. The van der Waals surface area contributed by atoms with Gasteiger partial charge in [0.1, 0.15) is 5.82 Å². The van der Waals surface area contributed by atoms with Gasteiger partial charge in [0.15, 0.2) is 0 Å². The van der Waals surface area contributed by atoms with Crippen molar-refractivity contribution < 1.29 is 14.4 Å². The first-order valence-electron chi connectivity index (χ1n) is 10.4. The highest BCUT2D eigenvalue weighted by atomic mass is 16.2. The van der Waals surface area contributed by atoms with Gasteiger partial charge in [0.05, 0.1) is 24.3 Å². The number of benzene rings is 1. The molecule has 1 saturated heterocycles. The summed E-state index contributed by atoms with van der Waals surface area (Å²) >= 11 is 0. The fourth-order valence-corrected chi connectivity index (χ4v) is 5.34. The Morgan fingerprint density at radius 2 is 1.73 bits per heavy atom. The van der Waals surface area contributed by atoms with Crippen LogP contribution in [0.4, 0.5) is 5.82 Å². The number of anilines is 1. The van der Waals surface area contributed by atoms with Crippen molar-refractivity contribution in [3.63, 3.8) is 0 Å². The van der Waals surface area contributed by atoms with Crippen LogP contribution in [-0.2, 0) is 14.4 Å². The summed E-state index contributed by atoms with van der Waals surface area (Å²) in [6.07, 6.45) is 6.65. The smallest absolute Gasteiger partial charge is 0.234 e. The van der Waals surface area contributed by atoms with Crippen molar-refractivity contribution in [2.24, 2.45) is 23.7 Å². The summed E-state index contributed by atoms with van der Waals surface area (Å²) in [5.74, 6) is -0.384. The SMILES string of the molecule is Cc1ccccc1C(CC(=O)Nc1ccccn1)N1C(=O)C2C3C=CC(C3)C2C1=O. The molecule has 152 valence electrons. The Hall–Kier alpha value is -3.28. The van der Waals surface area contributed by atoms with E-state index in [4.69, 9.17) is 0 Å². The minimum Gasteiger partial charge on any atom is -0.311 e. The summed E-state index contributed by atoms with van der Waals surface area (Å²) in [6, 6.07) is 12.3. The van der Waals surface area contributed by atoms with E-state index in [1.54, 1.807) is 24.4 Å². The van der Waals surface area contributed by atoms with Crippen LogP contribution in [0, 0.1) is 30.6 Å². The summed E-state index contributed by atoms with van der Waals surface area (Å²) < 4.78 is 0. The molecule has 2 aromatic rings. The Morgan fingerprint density at radius 3 is 2.37 bits per heavy atom. The molecule has 0 spiro atoms. The molecule has 3 amide bonds. The number of hydrogen-bond acceptors (Lipinski definition) is 4. The van der Waals surface area contributed by atoms with E-state index in [0.29, 0.717) is 5.82 Å². The van der Waals surface area contributed by atoms with Gasteiger partial charge in [-0.3, -0.25) is 19.3 Å². The number of allylic oxidation sites excluding steroid dienone is 2. The second-order valence-electron chi connectivity index (χ2n) is 8.39. The molecule has 1 aromatic carbocycles. The number of amides is 3. The van der Waals surface area contributed by atoms with Gasteiger partial charge in [-0.2, -0.15) is 0 Å². The van der Waals surface area contributed by atoms with Gasteiger partial charge in [-0.05, 0) is 48.4 Å². The van der Waals surface area contributed by atoms with Gasteiger partial charge in [-0.25, -0.2) is 4.98 Å². The molecule has 0 radical (unpaired) electrons. The first-order valence-corrected chi connectivity index (χ1v) is 10.4. The Bertz CT molecular complexity index is 1020. The lowest BCUT2D eigenvalue weighted by Gasteiger charge is -2.29. The van der Waals surface area contributed by atoms with Crippen LogP contribution in [0.15, 0.2) is 60.8 Å².